The maximum Gasteiger partial charge on any atom is 0.187 e. The summed E-state index contributed by atoms with van der Waals surface area (Å²) in [6, 6.07) is 8.12. The Morgan fingerprint density at radius 2 is 1.75 bits per heavy atom. The Hall–Kier alpha value is -2.12. The molecule has 0 atom stereocenters. The van der Waals surface area contributed by atoms with Crippen molar-refractivity contribution in [3.63, 3.8) is 0 Å². The lowest BCUT2D eigenvalue weighted by atomic mass is 10.1. The Balaban J connectivity index is 2.17. The molecule has 0 spiro atoms. The molecule has 0 saturated carbocycles. The normalized spacial score (nSPS) is 11.5. The Kier molecular flexibility index (Phi) is 3.90. The van der Waals surface area contributed by atoms with Crippen molar-refractivity contribution in [3.8, 4) is 11.3 Å². The second kappa shape index (κ2) is 6.07. The fourth-order valence-electron chi connectivity index (χ4n) is 2.84. The minimum atomic E-state index is 0.763. The molecule has 0 aromatic carbocycles. The first kappa shape index (κ1) is 15.4. The van der Waals surface area contributed by atoms with Crippen LogP contribution >= 0.6 is 23.5 Å². The van der Waals surface area contributed by atoms with Crippen LogP contribution < -0.4 is 0 Å². The number of nitrogens with zero attached hydrogens (tertiary/aromatic N) is 5. The van der Waals surface area contributed by atoms with Gasteiger partial charge in [-0.3, -0.25) is 4.40 Å². The molecule has 0 aliphatic heterocycles. The quantitative estimate of drug-likeness (QED) is 0.408. The maximum atomic E-state index is 4.76. The predicted octanol–water partition coefficient (Wildman–Crippen LogP) is 4.09. The van der Waals surface area contributed by atoms with Crippen LogP contribution in [0.2, 0.25) is 0 Å². The van der Waals surface area contributed by atoms with Crippen LogP contribution in [0.1, 0.15) is 5.69 Å². The van der Waals surface area contributed by atoms with E-state index in [9.17, 15) is 0 Å². The van der Waals surface area contributed by atoms with Gasteiger partial charge in [-0.2, -0.15) is 0 Å². The van der Waals surface area contributed by atoms with Gasteiger partial charge >= 0.3 is 0 Å². The minimum Gasteiger partial charge on any atom is -0.272 e. The third-order valence-electron chi connectivity index (χ3n) is 3.86. The predicted molar refractivity (Wildman–Crippen MR) is 99.8 cm³/mol. The zero-order valence-electron chi connectivity index (χ0n) is 13.5. The van der Waals surface area contributed by atoms with Crippen molar-refractivity contribution in [1.82, 2.24) is 24.3 Å². The van der Waals surface area contributed by atoms with Crippen LogP contribution in [0, 0.1) is 6.92 Å². The van der Waals surface area contributed by atoms with Crippen LogP contribution in [0.4, 0.5) is 0 Å². The fraction of sp³-hybridized carbons (Fsp3) is 0.176. The average Bonchev–Trinajstić information content (AvgIpc) is 2.95. The molecule has 24 heavy (non-hydrogen) atoms. The molecule has 0 aliphatic carbocycles. The fourth-order valence-corrected chi connectivity index (χ4v) is 3.73. The monoisotopic (exact) mass is 353 g/mol. The first-order valence-electron chi connectivity index (χ1n) is 7.41. The van der Waals surface area contributed by atoms with Gasteiger partial charge in [0.15, 0.2) is 10.3 Å². The Labute approximate surface area is 148 Å². The molecule has 0 saturated heterocycles. The molecule has 0 radical (unpaired) electrons. The Bertz CT molecular complexity index is 1060. The molecule has 0 fully saturated rings. The van der Waals surface area contributed by atoms with E-state index in [1.165, 1.54) is 0 Å². The highest BCUT2D eigenvalue weighted by atomic mass is 32.2. The topological polar surface area (TPSA) is 56.0 Å². The highest BCUT2D eigenvalue weighted by molar-refractivity contribution is 7.98. The average molecular weight is 353 g/mol. The number of aromatic nitrogens is 5. The van der Waals surface area contributed by atoms with Gasteiger partial charge in [0.05, 0.1) is 11.2 Å². The number of rotatable bonds is 3. The second-order valence-corrected chi connectivity index (χ2v) is 6.83. The molecule has 0 amide bonds. The molecular weight excluding hydrogens is 338 g/mol. The molecular formula is C17H15N5S2. The summed E-state index contributed by atoms with van der Waals surface area (Å²) in [5.74, 6) is 0. The molecule has 4 aromatic heterocycles. The number of hydrogen-bond acceptors (Lipinski definition) is 6. The van der Waals surface area contributed by atoms with E-state index in [0.29, 0.717) is 0 Å². The summed E-state index contributed by atoms with van der Waals surface area (Å²) < 4.78 is 2.11. The first-order chi connectivity index (χ1) is 11.7. The van der Waals surface area contributed by atoms with Gasteiger partial charge in [-0.1, -0.05) is 23.5 Å². The maximum absolute atomic E-state index is 4.76. The molecule has 7 heteroatoms. The van der Waals surface area contributed by atoms with Gasteiger partial charge in [0.2, 0.25) is 0 Å². The summed E-state index contributed by atoms with van der Waals surface area (Å²) in [4.78, 5) is 18.2. The van der Waals surface area contributed by atoms with E-state index < -0.39 is 0 Å². The first-order valence-corrected chi connectivity index (χ1v) is 9.86. The number of fused-ring (bicyclic) bond motifs is 3. The van der Waals surface area contributed by atoms with E-state index in [2.05, 4.69) is 20.4 Å². The lowest BCUT2D eigenvalue weighted by Crippen LogP contribution is -1.95. The van der Waals surface area contributed by atoms with Crippen LogP contribution in [-0.2, 0) is 0 Å². The molecule has 4 rings (SSSR count). The van der Waals surface area contributed by atoms with Crippen molar-refractivity contribution in [2.45, 2.75) is 17.2 Å². The van der Waals surface area contributed by atoms with Crippen molar-refractivity contribution in [2.75, 3.05) is 12.5 Å². The van der Waals surface area contributed by atoms with Crippen LogP contribution in [0.3, 0.4) is 0 Å². The smallest absolute Gasteiger partial charge is 0.187 e. The van der Waals surface area contributed by atoms with Crippen molar-refractivity contribution in [1.29, 1.82) is 0 Å². The van der Waals surface area contributed by atoms with Gasteiger partial charge in [0.25, 0.3) is 0 Å². The van der Waals surface area contributed by atoms with Crippen LogP contribution in [0.5, 0.6) is 0 Å². The largest absolute Gasteiger partial charge is 0.272 e. The van der Waals surface area contributed by atoms with Gasteiger partial charge in [-0.15, -0.1) is 0 Å². The van der Waals surface area contributed by atoms with E-state index in [1.807, 2.05) is 50.0 Å². The Morgan fingerprint density at radius 1 is 0.917 bits per heavy atom. The molecule has 0 N–H and O–H groups in total. The molecule has 120 valence electrons. The summed E-state index contributed by atoms with van der Waals surface area (Å²) in [6.07, 6.45) is 7.66. The third kappa shape index (κ3) is 2.35. The van der Waals surface area contributed by atoms with Crippen molar-refractivity contribution in [2.24, 2.45) is 0 Å². The van der Waals surface area contributed by atoms with E-state index in [0.717, 1.165) is 43.8 Å². The molecule has 0 unspecified atom stereocenters. The molecule has 0 bridgehead atoms. The SMILES string of the molecule is CSc1nccc(-c2c3ccc(C)nc3n3c(SC)nccc23)n1. The molecule has 5 nitrogen and oxygen atoms in total. The molecule has 4 heterocycles. The summed E-state index contributed by atoms with van der Waals surface area (Å²) in [5.41, 5.74) is 4.95. The summed E-state index contributed by atoms with van der Waals surface area (Å²) in [7, 11) is 0. The summed E-state index contributed by atoms with van der Waals surface area (Å²) >= 11 is 3.15. The standard InChI is InChI=1S/C17H15N5S2/c1-10-4-5-11-14(12-6-8-18-16(21-12)23-2)13-7-9-19-17(24-3)22(13)15(11)20-10/h4-9H,1-3H3. The zero-order valence-corrected chi connectivity index (χ0v) is 15.1. The van der Waals surface area contributed by atoms with Gasteiger partial charge in [0.1, 0.15) is 5.65 Å². The summed E-state index contributed by atoms with van der Waals surface area (Å²) in [6.45, 7) is 2.00. The zero-order chi connectivity index (χ0) is 16.7. The lowest BCUT2D eigenvalue weighted by molar-refractivity contribution is 0.920. The van der Waals surface area contributed by atoms with Gasteiger partial charge in [-0.05, 0) is 43.7 Å². The minimum absolute atomic E-state index is 0.763. The van der Waals surface area contributed by atoms with Gasteiger partial charge < -0.3 is 0 Å². The number of aryl methyl sites for hydroxylation is 1. The van der Waals surface area contributed by atoms with Crippen LogP contribution in [0.25, 0.3) is 27.8 Å². The molecule has 4 aromatic rings. The highest BCUT2D eigenvalue weighted by Gasteiger charge is 2.18. The van der Waals surface area contributed by atoms with Crippen molar-refractivity contribution >= 4 is 40.1 Å². The van der Waals surface area contributed by atoms with Crippen molar-refractivity contribution < 1.29 is 0 Å². The number of pyridine rings is 1. The van der Waals surface area contributed by atoms with E-state index in [4.69, 9.17) is 9.97 Å². The lowest BCUT2D eigenvalue weighted by Gasteiger charge is -2.04. The highest BCUT2D eigenvalue weighted by Crippen LogP contribution is 2.35. The van der Waals surface area contributed by atoms with E-state index in [-0.39, 0.29) is 0 Å². The summed E-state index contributed by atoms with van der Waals surface area (Å²) in [5, 5.41) is 2.76. The van der Waals surface area contributed by atoms with Crippen LogP contribution in [0.15, 0.2) is 47.0 Å². The van der Waals surface area contributed by atoms with Gasteiger partial charge in [-0.25, -0.2) is 19.9 Å². The van der Waals surface area contributed by atoms with E-state index >= 15 is 0 Å². The third-order valence-corrected chi connectivity index (χ3v) is 5.07. The number of hydrogen-bond donors (Lipinski definition) is 0. The number of thioether (sulfide) groups is 2. The molecule has 0 aliphatic rings. The van der Waals surface area contributed by atoms with Gasteiger partial charge in [0, 0.05) is 29.0 Å². The van der Waals surface area contributed by atoms with E-state index in [1.54, 1.807) is 23.5 Å². The Morgan fingerprint density at radius 3 is 2.54 bits per heavy atom. The second-order valence-electron chi connectivity index (χ2n) is 5.28. The van der Waals surface area contributed by atoms with Crippen LogP contribution in [-0.4, -0.2) is 36.8 Å². The van der Waals surface area contributed by atoms with Crippen molar-refractivity contribution in [3.05, 3.63) is 42.4 Å².